The van der Waals surface area contributed by atoms with Crippen LogP contribution in [0.1, 0.15) is 21.5 Å². The van der Waals surface area contributed by atoms with Crippen molar-refractivity contribution in [3.05, 3.63) is 71.3 Å². The molecule has 0 bridgehead atoms. The number of benzene rings is 2. The summed E-state index contributed by atoms with van der Waals surface area (Å²) in [5.74, 6) is -0.151. The van der Waals surface area contributed by atoms with E-state index in [1.807, 2.05) is 48.5 Å². The molecule has 3 rings (SSSR count). The molecule has 0 aromatic heterocycles. The molecule has 0 fully saturated rings. The lowest BCUT2D eigenvalue weighted by Crippen LogP contribution is -2.38. The third-order valence-electron chi connectivity index (χ3n) is 3.51. The summed E-state index contributed by atoms with van der Waals surface area (Å²) in [6, 6.07) is 17.1. The average Bonchev–Trinajstić information content (AvgIpc) is 2.63. The highest BCUT2D eigenvalue weighted by atomic mass is 16.3. The first-order chi connectivity index (χ1) is 8.69. The first-order valence-corrected chi connectivity index (χ1v) is 6.08. The minimum atomic E-state index is -1.27. The highest BCUT2D eigenvalue weighted by Crippen LogP contribution is 2.32. The zero-order valence-corrected chi connectivity index (χ0v) is 9.97. The normalized spacial score (nSPS) is 21.9. The molecule has 2 heteroatoms. The molecule has 0 heterocycles. The number of fused-ring (bicyclic) bond motifs is 1. The Morgan fingerprint density at radius 3 is 2.39 bits per heavy atom. The minimum Gasteiger partial charge on any atom is -0.381 e. The largest absolute Gasteiger partial charge is 0.381 e. The number of hydrogen-bond donors (Lipinski definition) is 1. The second-order valence-electron chi connectivity index (χ2n) is 4.86. The van der Waals surface area contributed by atoms with Gasteiger partial charge in [0.15, 0.2) is 5.78 Å². The highest BCUT2D eigenvalue weighted by Gasteiger charge is 2.43. The van der Waals surface area contributed by atoms with Crippen molar-refractivity contribution < 1.29 is 9.90 Å². The fourth-order valence-corrected chi connectivity index (χ4v) is 2.62. The van der Waals surface area contributed by atoms with E-state index in [0.717, 1.165) is 11.1 Å². The zero-order valence-electron chi connectivity index (χ0n) is 9.97. The van der Waals surface area contributed by atoms with Crippen LogP contribution in [0.25, 0.3) is 0 Å². The van der Waals surface area contributed by atoms with E-state index in [4.69, 9.17) is 0 Å². The zero-order chi connectivity index (χ0) is 12.6. The van der Waals surface area contributed by atoms with E-state index in [0.29, 0.717) is 18.4 Å². The number of hydrogen-bond acceptors (Lipinski definition) is 2. The smallest absolute Gasteiger partial charge is 0.195 e. The summed E-state index contributed by atoms with van der Waals surface area (Å²) in [6.07, 6.45) is 0.790. The fourth-order valence-electron chi connectivity index (χ4n) is 2.62. The molecule has 1 aliphatic carbocycles. The van der Waals surface area contributed by atoms with Crippen molar-refractivity contribution in [2.24, 2.45) is 0 Å². The maximum atomic E-state index is 12.3. The number of carbonyl (C=O) groups is 1. The highest BCUT2D eigenvalue weighted by molar-refractivity contribution is 6.06. The van der Waals surface area contributed by atoms with Crippen LogP contribution in [0.2, 0.25) is 0 Å². The molecule has 2 nitrogen and oxygen atoms in total. The second kappa shape index (κ2) is 4.07. The number of rotatable bonds is 2. The molecule has 0 radical (unpaired) electrons. The minimum absolute atomic E-state index is 0.151. The van der Waals surface area contributed by atoms with Crippen molar-refractivity contribution in [3.8, 4) is 0 Å². The van der Waals surface area contributed by atoms with Gasteiger partial charge in [-0.25, -0.2) is 0 Å². The standard InChI is InChI=1S/C16H14O2/c17-15-14-9-5-4-8-13(14)11-16(15,18)10-12-6-2-1-3-7-12/h1-9,18H,10-11H2. The Morgan fingerprint density at radius 2 is 1.67 bits per heavy atom. The van der Waals surface area contributed by atoms with E-state index in [9.17, 15) is 9.90 Å². The predicted octanol–water partition coefficient (Wildman–Crippen LogP) is 2.40. The molecule has 2 aromatic carbocycles. The lowest BCUT2D eigenvalue weighted by atomic mass is 9.91. The lowest BCUT2D eigenvalue weighted by molar-refractivity contribution is 0.0374. The summed E-state index contributed by atoms with van der Waals surface area (Å²) in [4.78, 5) is 12.3. The summed E-state index contributed by atoms with van der Waals surface area (Å²) in [6.45, 7) is 0. The molecule has 1 N–H and O–H groups in total. The molecule has 2 aromatic rings. The third-order valence-corrected chi connectivity index (χ3v) is 3.51. The van der Waals surface area contributed by atoms with Crippen LogP contribution in [-0.2, 0) is 12.8 Å². The van der Waals surface area contributed by atoms with E-state index < -0.39 is 5.60 Å². The molecule has 0 amide bonds. The van der Waals surface area contributed by atoms with Crippen LogP contribution in [0.4, 0.5) is 0 Å². The van der Waals surface area contributed by atoms with Crippen LogP contribution in [0.3, 0.4) is 0 Å². The lowest BCUT2D eigenvalue weighted by Gasteiger charge is -2.20. The molecule has 1 aliphatic rings. The Bertz CT molecular complexity index is 589. The first-order valence-electron chi connectivity index (χ1n) is 6.08. The van der Waals surface area contributed by atoms with Gasteiger partial charge >= 0.3 is 0 Å². The van der Waals surface area contributed by atoms with E-state index >= 15 is 0 Å². The number of carbonyl (C=O) groups excluding carboxylic acids is 1. The summed E-state index contributed by atoms with van der Waals surface area (Å²) < 4.78 is 0. The molecular weight excluding hydrogens is 224 g/mol. The van der Waals surface area contributed by atoms with Gasteiger partial charge in [-0.2, -0.15) is 0 Å². The molecule has 90 valence electrons. The van der Waals surface area contributed by atoms with Gasteiger partial charge in [0.2, 0.25) is 0 Å². The van der Waals surface area contributed by atoms with Crippen molar-refractivity contribution in [1.82, 2.24) is 0 Å². The molecular formula is C16H14O2. The SMILES string of the molecule is O=C1c2ccccc2CC1(O)Cc1ccccc1. The molecule has 0 aliphatic heterocycles. The van der Waals surface area contributed by atoms with Gasteiger partial charge in [0.1, 0.15) is 5.60 Å². The van der Waals surface area contributed by atoms with Crippen LogP contribution < -0.4 is 0 Å². The van der Waals surface area contributed by atoms with Gasteiger partial charge in [-0.15, -0.1) is 0 Å². The Hall–Kier alpha value is -1.93. The van der Waals surface area contributed by atoms with E-state index in [1.54, 1.807) is 6.07 Å². The summed E-state index contributed by atoms with van der Waals surface area (Å²) in [5, 5.41) is 10.6. The summed E-state index contributed by atoms with van der Waals surface area (Å²) >= 11 is 0. The van der Waals surface area contributed by atoms with Gasteiger partial charge in [-0.3, -0.25) is 4.79 Å². The van der Waals surface area contributed by atoms with E-state index in [2.05, 4.69) is 0 Å². The fraction of sp³-hybridized carbons (Fsp3) is 0.188. The van der Waals surface area contributed by atoms with Crippen molar-refractivity contribution in [2.75, 3.05) is 0 Å². The van der Waals surface area contributed by atoms with Gasteiger partial charge in [0, 0.05) is 18.4 Å². The Balaban J connectivity index is 1.93. The van der Waals surface area contributed by atoms with Crippen LogP contribution in [0, 0.1) is 0 Å². The molecule has 0 spiro atoms. The van der Waals surface area contributed by atoms with Crippen LogP contribution in [0.5, 0.6) is 0 Å². The number of Topliss-reactive ketones (excluding diaryl/α,β-unsaturated/α-hetero) is 1. The maximum Gasteiger partial charge on any atom is 0.195 e. The topological polar surface area (TPSA) is 37.3 Å². The van der Waals surface area contributed by atoms with Crippen molar-refractivity contribution in [1.29, 1.82) is 0 Å². The Morgan fingerprint density at radius 1 is 1.00 bits per heavy atom. The van der Waals surface area contributed by atoms with Gasteiger partial charge in [-0.05, 0) is 11.1 Å². The van der Waals surface area contributed by atoms with Crippen LogP contribution >= 0.6 is 0 Å². The Labute approximate surface area is 106 Å². The third kappa shape index (κ3) is 1.75. The predicted molar refractivity (Wildman–Crippen MR) is 69.6 cm³/mol. The second-order valence-corrected chi connectivity index (χ2v) is 4.86. The summed E-state index contributed by atoms with van der Waals surface area (Å²) in [7, 11) is 0. The molecule has 0 saturated carbocycles. The molecule has 1 atom stereocenters. The van der Waals surface area contributed by atoms with E-state index in [-0.39, 0.29) is 5.78 Å². The quantitative estimate of drug-likeness (QED) is 0.872. The van der Waals surface area contributed by atoms with Crippen molar-refractivity contribution >= 4 is 5.78 Å². The maximum absolute atomic E-state index is 12.3. The van der Waals surface area contributed by atoms with Gasteiger partial charge in [0.05, 0.1) is 0 Å². The van der Waals surface area contributed by atoms with Crippen molar-refractivity contribution in [2.45, 2.75) is 18.4 Å². The number of ketones is 1. The van der Waals surface area contributed by atoms with Gasteiger partial charge < -0.3 is 5.11 Å². The number of aliphatic hydroxyl groups is 1. The monoisotopic (exact) mass is 238 g/mol. The van der Waals surface area contributed by atoms with E-state index in [1.165, 1.54) is 0 Å². The van der Waals surface area contributed by atoms with Crippen LogP contribution in [-0.4, -0.2) is 16.5 Å². The molecule has 0 saturated heterocycles. The Kier molecular flexibility index (Phi) is 2.53. The first kappa shape index (κ1) is 11.2. The molecule has 1 unspecified atom stereocenters. The average molecular weight is 238 g/mol. The summed E-state index contributed by atoms with van der Waals surface area (Å²) in [5.41, 5.74) is 1.32. The van der Waals surface area contributed by atoms with Gasteiger partial charge in [-0.1, -0.05) is 54.6 Å². The van der Waals surface area contributed by atoms with Gasteiger partial charge in [0.25, 0.3) is 0 Å². The van der Waals surface area contributed by atoms with Crippen LogP contribution in [0.15, 0.2) is 54.6 Å². The van der Waals surface area contributed by atoms with Crippen molar-refractivity contribution in [3.63, 3.8) is 0 Å². The molecule has 18 heavy (non-hydrogen) atoms.